The zero-order valence-electron chi connectivity index (χ0n) is 16.3. The Labute approximate surface area is 168 Å². The number of hydrazone groups is 1. The van der Waals surface area contributed by atoms with Gasteiger partial charge in [0.05, 0.1) is 12.1 Å². The number of hydrazine groups is 2. The molecule has 0 fully saturated rings. The fourth-order valence-corrected chi connectivity index (χ4v) is 3.68. The van der Waals surface area contributed by atoms with Gasteiger partial charge in [0.25, 0.3) is 0 Å². The maximum Gasteiger partial charge on any atom is 0.189 e. The lowest BCUT2D eigenvalue weighted by atomic mass is 9.87. The predicted molar refractivity (Wildman–Crippen MR) is 112 cm³/mol. The minimum Gasteiger partial charge on any atom is -0.495 e. The van der Waals surface area contributed by atoms with Crippen molar-refractivity contribution in [3.63, 3.8) is 0 Å². The minimum atomic E-state index is -0.0589. The summed E-state index contributed by atoms with van der Waals surface area (Å²) >= 11 is 6.42. The van der Waals surface area contributed by atoms with Crippen LogP contribution in [0.2, 0.25) is 5.02 Å². The lowest BCUT2D eigenvalue weighted by Gasteiger charge is -2.19. The quantitative estimate of drug-likeness (QED) is 0.541. The van der Waals surface area contributed by atoms with E-state index >= 15 is 0 Å². The average molecular weight is 399 g/mol. The third-order valence-corrected chi connectivity index (χ3v) is 5.04. The fraction of sp³-hybridized carbons (Fsp3) is 0.300. The molecule has 0 spiro atoms. The molecule has 2 aromatic heterocycles. The summed E-state index contributed by atoms with van der Waals surface area (Å²) in [7, 11) is 1.63. The molecule has 0 aliphatic carbocycles. The summed E-state index contributed by atoms with van der Waals surface area (Å²) in [6, 6.07) is 9.86. The fourth-order valence-electron chi connectivity index (χ4n) is 3.44. The summed E-state index contributed by atoms with van der Waals surface area (Å²) in [6.07, 6.45) is 0.678. The zero-order valence-corrected chi connectivity index (χ0v) is 17.0. The highest BCUT2D eigenvalue weighted by atomic mass is 35.5. The third kappa shape index (κ3) is 3.39. The van der Waals surface area contributed by atoms with Crippen LogP contribution in [0.25, 0.3) is 10.9 Å². The van der Waals surface area contributed by atoms with E-state index in [0.29, 0.717) is 23.0 Å². The second kappa shape index (κ2) is 7.00. The van der Waals surface area contributed by atoms with Crippen molar-refractivity contribution in [1.82, 2.24) is 26.5 Å². The first-order valence-corrected chi connectivity index (χ1v) is 9.43. The van der Waals surface area contributed by atoms with Gasteiger partial charge in [-0.2, -0.15) is 0 Å². The van der Waals surface area contributed by atoms with E-state index in [9.17, 15) is 0 Å². The minimum absolute atomic E-state index is 0.0589. The van der Waals surface area contributed by atoms with Crippen LogP contribution in [0, 0.1) is 0 Å². The number of H-pyrrole nitrogens is 1. The number of hydrogen-bond donors (Lipinski definition) is 4. The maximum absolute atomic E-state index is 6.42. The van der Waals surface area contributed by atoms with Crippen molar-refractivity contribution >= 4 is 28.3 Å². The second-order valence-corrected chi connectivity index (χ2v) is 8.18. The number of halogens is 1. The molecule has 0 radical (unpaired) electrons. The number of hydrogen-bond acceptors (Lipinski definition) is 6. The van der Waals surface area contributed by atoms with Crippen LogP contribution >= 0.6 is 11.6 Å². The van der Waals surface area contributed by atoms with Crippen LogP contribution in [0.1, 0.15) is 43.4 Å². The van der Waals surface area contributed by atoms with Crippen LogP contribution in [-0.2, 0) is 11.8 Å². The van der Waals surface area contributed by atoms with Crippen molar-refractivity contribution in [1.29, 1.82) is 0 Å². The largest absolute Gasteiger partial charge is 0.495 e. The lowest BCUT2D eigenvalue weighted by Crippen LogP contribution is -2.35. The first-order chi connectivity index (χ1) is 13.4. The number of fused-ring (bicyclic) bond motifs is 1. The van der Waals surface area contributed by atoms with E-state index in [1.54, 1.807) is 7.11 Å². The molecule has 8 heteroatoms. The Bertz CT molecular complexity index is 1070. The molecule has 1 aromatic carbocycles. The molecule has 1 aliphatic heterocycles. The SMILES string of the molecule is COc1cc2[nH]c(C(C)(C)C)c(Cc3cccc(C4=NNNN4)n3)c2cc1Cl. The summed E-state index contributed by atoms with van der Waals surface area (Å²) in [5, 5.41) is 5.81. The number of methoxy groups -OCH3 is 1. The number of nitrogens with one attached hydrogen (secondary N) is 4. The number of pyridine rings is 1. The van der Waals surface area contributed by atoms with Gasteiger partial charge in [-0.25, -0.2) is 10.5 Å². The van der Waals surface area contributed by atoms with Gasteiger partial charge in [-0.3, -0.25) is 5.43 Å². The average Bonchev–Trinajstić information content (AvgIpc) is 3.30. The number of aromatic nitrogens is 2. The van der Waals surface area contributed by atoms with Crippen molar-refractivity contribution in [2.45, 2.75) is 32.6 Å². The Morgan fingerprint density at radius 3 is 2.68 bits per heavy atom. The molecule has 28 heavy (non-hydrogen) atoms. The van der Waals surface area contributed by atoms with E-state index in [1.165, 1.54) is 11.3 Å². The van der Waals surface area contributed by atoms with Crippen LogP contribution in [-0.4, -0.2) is 22.9 Å². The summed E-state index contributed by atoms with van der Waals surface area (Å²) in [5.74, 6) is 1.32. The van der Waals surface area contributed by atoms with Gasteiger partial charge in [0.2, 0.25) is 0 Å². The molecule has 0 unspecified atom stereocenters. The van der Waals surface area contributed by atoms with Gasteiger partial charge in [-0.15, -0.1) is 10.6 Å². The Kier molecular flexibility index (Phi) is 4.64. The number of rotatable bonds is 4. The predicted octanol–water partition coefficient (Wildman–Crippen LogP) is 3.39. The smallest absolute Gasteiger partial charge is 0.189 e. The van der Waals surface area contributed by atoms with Crippen molar-refractivity contribution in [3.8, 4) is 5.75 Å². The van der Waals surface area contributed by atoms with Crippen LogP contribution in [0.4, 0.5) is 0 Å². The molecule has 4 N–H and O–H groups in total. The molecular formula is C20H23ClN6O. The van der Waals surface area contributed by atoms with Gasteiger partial charge in [0.1, 0.15) is 11.4 Å². The van der Waals surface area contributed by atoms with Crippen LogP contribution in [0.5, 0.6) is 5.75 Å². The molecule has 0 amide bonds. The number of ether oxygens (including phenoxy) is 1. The van der Waals surface area contributed by atoms with Gasteiger partial charge >= 0.3 is 0 Å². The van der Waals surface area contributed by atoms with E-state index in [-0.39, 0.29) is 5.41 Å². The van der Waals surface area contributed by atoms with Crippen LogP contribution in [0.15, 0.2) is 35.4 Å². The number of aromatic amines is 1. The Balaban J connectivity index is 1.81. The summed E-state index contributed by atoms with van der Waals surface area (Å²) in [5.41, 5.74) is 13.3. The van der Waals surface area contributed by atoms with Crippen molar-refractivity contribution in [3.05, 3.63) is 58.0 Å². The highest BCUT2D eigenvalue weighted by Gasteiger charge is 2.24. The molecule has 0 saturated heterocycles. The van der Waals surface area contributed by atoms with E-state index in [1.807, 2.05) is 30.3 Å². The molecule has 7 nitrogen and oxygen atoms in total. The zero-order chi connectivity index (χ0) is 19.9. The van der Waals surface area contributed by atoms with E-state index < -0.39 is 0 Å². The van der Waals surface area contributed by atoms with E-state index in [0.717, 1.165) is 22.3 Å². The number of nitrogens with zero attached hydrogens (tertiary/aromatic N) is 2. The third-order valence-electron chi connectivity index (χ3n) is 4.74. The Morgan fingerprint density at radius 2 is 2.00 bits per heavy atom. The van der Waals surface area contributed by atoms with Crippen molar-refractivity contribution in [2.75, 3.05) is 7.11 Å². The molecular weight excluding hydrogens is 376 g/mol. The molecule has 146 valence electrons. The lowest BCUT2D eigenvalue weighted by molar-refractivity contribution is 0.415. The number of benzene rings is 1. The van der Waals surface area contributed by atoms with Crippen LogP contribution < -0.4 is 21.2 Å². The van der Waals surface area contributed by atoms with Gasteiger partial charge in [-0.1, -0.05) is 38.4 Å². The Hall–Kier alpha value is -2.77. The molecule has 4 rings (SSSR count). The monoisotopic (exact) mass is 398 g/mol. The van der Waals surface area contributed by atoms with Gasteiger partial charge < -0.3 is 9.72 Å². The maximum atomic E-state index is 6.42. The highest BCUT2D eigenvalue weighted by molar-refractivity contribution is 6.32. The first-order valence-electron chi connectivity index (χ1n) is 9.05. The Morgan fingerprint density at radius 1 is 1.18 bits per heavy atom. The molecule has 0 atom stereocenters. The van der Waals surface area contributed by atoms with Gasteiger partial charge in [0, 0.05) is 40.2 Å². The topological polar surface area (TPSA) is 86.4 Å². The second-order valence-electron chi connectivity index (χ2n) is 7.77. The van der Waals surface area contributed by atoms with Gasteiger partial charge in [-0.05, 0) is 23.8 Å². The molecule has 3 aromatic rings. The molecule has 1 aliphatic rings. The standard InChI is InChI=1S/C20H23ClN6O/c1-20(2,3)18-13(12-9-14(21)17(28-4)10-16(12)23-18)8-11-6-5-7-15(22-11)19-24-26-27-25-19/h5-7,9-10,23,26-27H,8H2,1-4H3,(H,24,25). The summed E-state index contributed by atoms with van der Waals surface area (Å²) in [6.45, 7) is 6.58. The van der Waals surface area contributed by atoms with Crippen LogP contribution in [0.3, 0.4) is 0 Å². The molecule has 0 bridgehead atoms. The van der Waals surface area contributed by atoms with E-state index in [2.05, 4.69) is 47.4 Å². The number of amidine groups is 1. The van der Waals surface area contributed by atoms with Crippen molar-refractivity contribution in [2.24, 2.45) is 5.10 Å². The summed E-state index contributed by atoms with van der Waals surface area (Å²) < 4.78 is 5.38. The van der Waals surface area contributed by atoms with Gasteiger partial charge in [0.15, 0.2) is 5.84 Å². The normalized spacial score (nSPS) is 14.0. The summed E-state index contributed by atoms with van der Waals surface area (Å²) in [4.78, 5) is 8.34. The van der Waals surface area contributed by atoms with Crippen molar-refractivity contribution < 1.29 is 4.74 Å². The molecule has 3 heterocycles. The van der Waals surface area contributed by atoms with E-state index in [4.69, 9.17) is 21.3 Å². The molecule has 0 saturated carbocycles. The highest BCUT2D eigenvalue weighted by Crippen LogP contribution is 2.37. The first kappa shape index (κ1) is 18.6.